The first-order valence-electron chi connectivity index (χ1n) is 8.56. The van der Waals surface area contributed by atoms with Crippen molar-refractivity contribution in [3.8, 4) is 0 Å². The summed E-state index contributed by atoms with van der Waals surface area (Å²) in [5.74, 6) is 0. The van der Waals surface area contributed by atoms with Crippen LogP contribution in [0.4, 0.5) is 23.0 Å². The van der Waals surface area contributed by atoms with Crippen LogP contribution in [-0.2, 0) is 4.84 Å². The summed E-state index contributed by atoms with van der Waals surface area (Å²) >= 11 is 0. The molecule has 1 aromatic carbocycles. The van der Waals surface area contributed by atoms with Gasteiger partial charge in [-0.3, -0.25) is 4.84 Å². The topological polar surface area (TPSA) is 40.6 Å². The molecule has 0 radical (unpaired) electrons. The molecule has 1 heterocycles. The summed E-state index contributed by atoms with van der Waals surface area (Å²) in [5, 5.41) is 10.9. The van der Waals surface area contributed by atoms with Crippen molar-refractivity contribution in [2.24, 2.45) is 0 Å². The number of diazo groups is 1. The third kappa shape index (κ3) is 6.92. The fraction of sp³-hybridized carbons (Fsp3) is 0.647. The van der Waals surface area contributed by atoms with E-state index in [9.17, 15) is 17.3 Å². The van der Waals surface area contributed by atoms with Crippen LogP contribution in [0.1, 0.15) is 65.5 Å². The maximum Gasteiger partial charge on any atom is 0.673 e. The molecule has 9 heteroatoms. The number of nitrogens with zero attached hydrogens (tertiary/aromatic N) is 3. The molecule has 1 aliphatic heterocycles. The van der Waals surface area contributed by atoms with Gasteiger partial charge in [0.15, 0.2) is 4.98 Å². The van der Waals surface area contributed by atoms with Crippen molar-refractivity contribution in [2.75, 3.05) is 0 Å². The minimum Gasteiger partial charge on any atom is -0.418 e. The second-order valence-electron chi connectivity index (χ2n) is 7.71. The van der Waals surface area contributed by atoms with E-state index < -0.39 is 7.25 Å². The number of hydroxylamine groups is 2. The standard InChI is InChI=1S/C17H26N3O.BF4/c1-13(14-7-9-15(19-18)10-8-14)21-20-16(2,3)11-6-12-17(20,4)5;2-1(3,4)5/h7-10,13H,6,11-12H2,1-5H3;/q+1;-1. The quantitative estimate of drug-likeness (QED) is 0.344. The van der Waals surface area contributed by atoms with Gasteiger partial charge >= 0.3 is 12.9 Å². The summed E-state index contributed by atoms with van der Waals surface area (Å²) in [4.78, 5) is 9.50. The molecule has 2 rings (SSSR count). The average molecular weight is 375 g/mol. The van der Waals surface area contributed by atoms with Crippen molar-refractivity contribution in [3.05, 3.63) is 34.8 Å². The van der Waals surface area contributed by atoms with Crippen molar-refractivity contribution >= 4 is 12.9 Å². The summed E-state index contributed by atoms with van der Waals surface area (Å²) in [7, 11) is -6.00. The smallest absolute Gasteiger partial charge is 0.418 e. The van der Waals surface area contributed by atoms with E-state index in [1.165, 1.54) is 6.42 Å². The molecule has 1 aromatic rings. The molecule has 1 saturated heterocycles. The molecule has 4 nitrogen and oxygen atoms in total. The highest BCUT2D eigenvalue weighted by Crippen LogP contribution is 2.40. The van der Waals surface area contributed by atoms with Gasteiger partial charge in [0.1, 0.15) is 6.10 Å². The third-order valence-corrected chi connectivity index (χ3v) is 4.42. The maximum absolute atomic E-state index is 9.75. The van der Waals surface area contributed by atoms with Crippen molar-refractivity contribution < 1.29 is 22.1 Å². The van der Waals surface area contributed by atoms with Gasteiger partial charge in [-0.15, -0.1) is 0 Å². The molecule has 146 valence electrons. The first-order valence-corrected chi connectivity index (χ1v) is 8.56. The van der Waals surface area contributed by atoms with Crippen molar-refractivity contribution in [1.82, 2.24) is 5.06 Å². The van der Waals surface area contributed by atoms with Crippen LogP contribution < -0.4 is 0 Å². The Labute approximate surface area is 152 Å². The molecule has 0 amide bonds. The van der Waals surface area contributed by atoms with E-state index >= 15 is 0 Å². The highest BCUT2D eigenvalue weighted by atomic mass is 19.5. The van der Waals surface area contributed by atoms with Crippen LogP contribution in [0.15, 0.2) is 24.3 Å². The molecule has 1 aliphatic rings. The Bertz CT molecular complexity index is 604. The fourth-order valence-corrected chi connectivity index (χ4v) is 3.29. The molecule has 1 atom stereocenters. The molecular formula is C17H26BF4N3O. The fourth-order valence-electron chi connectivity index (χ4n) is 3.29. The lowest BCUT2D eigenvalue weighted by molar-refractivity contribution is -0.304. The molecule has 0 saturated carbocycles. The van der Waals surface area contributed by atoms with Crippen LogP contribution in [0.5, 0.6) is 0 Å². The summed E-state index contributed by atoms with van der Waals surface area (Å²) in [6, 6.07) is 7.48. The Hall–Kier alpha value is -1.66. The zero-order valence-corrected chi connectivity index (χ0v) is 15.8. The van der Waals surface area contributed by atoms with E-state index in [4.69, 9.17) is 10.2 Å². The first-order chi connectivity index (χ1) is 11.8. The van der Waals surface area contributed by atoms with E-state index in [1.54, 1.807) is 12.1 Å². The predicted octanol–water partition coefficient (Wildman–Crippen LogP) is 6.51. The third-order valence-electron chi connectivity index (χ3n) is 4.42. The van der Waals surface area contributed by atoms with Crippen molar-refractivity contribution in [3.63, 3.8) is 0 Å². The number of hydrogen-bond acceptors (Lipinski definition) is 3. The molecule has 1 unspecified atom stereocenters. The van der Waals surface area contributed by atoms with Gasteiger partial charge in [0.25, 0.3) is 0 Å². The second kappa shape index (κ2) is 8.36. The number of hydrogen-bond donors (Lipinski definition) is 0. The largest absolute Gasteiger partial charge is 0.673 e. The zero-order chi connectivity index (χ0) is 20.2. The molecule has 26 heavy (non-hydrogen) atoms. The van der Waals surface area contributed by atoms with E-state index in [0.29, 0.717) is 5.69 Å². The van der Waals surface area contributed by atoms with Gasteiger partial charge in [0.2, 0.25) is 5.39 Å². The number of benzene rings is 1. The Morgan fingerprint density at radius 2 is 1.46 bits per heavy atom. The Morgan fingerprint density at radius 1 is 1.04 bits per heavy atom. The molecule has 1 fully saturated rings. The van der Waals surface area contributed by atoms with Crippen molar-refractivity contribution in [1.29, 1.82) is 5.39 Å². The lowest BCUT2D eigenvalue weighted by Gasteiger charge is -2.52. The minimum absolute atomic E-state index is 0.0330. The average Bonchev–Trinajstić information content (AvgIpc) is 2.49. The normalized spacial score (nSPS) is 20.5. The molecule has 0 aliphatic carbocycles. The zero-order valence-electron chi connectivity index (χ0n) is 15.8. The van der Waals surface area contributed by atoms with Gasteiger partial charge in [-0.05, 0) is 71.6 Å². The van der Waals surface area contributed by atoms with E-state index in [1.807, 2.05) is 12.1 Å². The summed E-state index contributed by atoms with van der Waals surface area (Å²) in [6.07, 6.45) is 3.49. The lowest BCUT2D eigenvalue weighted by Crippen LogP contribution is -2.58. The number of piperidine rings is 1. The van der Waals surface area contributed by atoms with Crippen LogP contribution in [0.3, 0.4) is 0 Å². The lowest BCUT2D eigenvalue weighted by atomic mass is 9.82. The second-order valence-corrected chi connectivity index (χ2v) is 7.71. The highest BCUT2D eigenvalue weighted by molar-refractivity contribution is 6.50. The predicted molar refractivity (Wildman–Crippen MR) is 94.7 cm³/mol. The van der Waals surface area contributed by atoms with Crippen LogP contribution in [0.2, 0.25) is 0 Å². The van der Waals surface area contributed by atoms with E-state index in [-0.39, 0.29) is 17.2 Å². The van der Waals surface area contributed by atoms with Gasteiger partial charge in [-0.25, -0.2) is 0 Å². The Kier molecular flexibility index (Phi) is 7.20. The van der Waals surface area contributed by atoms with Crippen molar-refractivity contribution in [2.45, 2.75) is 71.1 Å². The maximum atomic E-state index is 9.75. The Balaban J connectivity index is 0.000000597. The minimum atomic E-state index is -6.00. The van der Waals surface area contributed by atoms with Gasteiger partial charge in [-0.2, -0.15) is 5.06 Å². The van der Waals surface area contributed by atoms with Crippen LogP contribution >= 0.6 is 0 Å². The molecule has 0 N–H and O–H groups in total. The van der Waals surface area contributed by atoms with E-state index in [0.717, 1.165) is 18.4 Å². The van der Waals surface area contributed by atoms with Crippen LogP contribution in [0.25, 0.3) is 4.98 Å². The number of halogens is 4. The van der Waals surface area contributed by atoms with E-state index in [2.05, 4.69) is 44.7 Å². The van der Waals surface area contributed by atoms with Crippen LogP contribution in [0, 0.1) is 5.39 Å². The first kappa shape index (κ1) is 22.4. The van der Waals surface area contributed by atoms with Gasteiger partial charge in [0.05, 0.1) is 0 Å². The molecule has 0 aromatic heterocycles. The monoisotopic (exact) mass is 375 g/mol. The SMILES string of the molecule is CC(ON1C(C)(C)CCCC1(C)C)c1ccc([N+]#N)cc1.F[B-](F)(F)F. The Morgan fingerprint density at radius 3 is 1.85 bits per heavy atom. The van der Waals surface area contributed by atoms with Gasteiger partial charge in [0, 0.05) is 23.2 Å². The van der Waals surface area contributed by atoms with Crippen LogP contribution in [-0.4, -0.2) is 23.4 Å². The van der Waals surface area contributed by atoms with Gasteiger partial charge < -0.3 is 17.3 Å². The number of rotatable bonds is 3. The molecule has 0 bridgehead atoms. The summed E-state index contributed by atoms with van der Waals surface area (Å²) in [6.45, 7) is 11.0. The summed E-state index contributed by atoms with van der Waals surface area (Å²) in [5.41, 5.74) is 1.72. The molecular weight excluding hydrogens is 349 g/mol. The summed E-state index contributed by atoms with van der Waals surface area (Å²) < 4.78 is 39.0. The molecule has 0 spiro atoms. The highest BCUT2D eigenvalue weighted by Gasteiger charge is 2.43. The van der Waals surface area contributed by atoms with Gasteiger partial charge in [-0.1, -0.05) is 0 Å².